The third-order valence-corrected chi connectivity index (χ3v) is 2.61. The predicted octanol–water partition coefficient (Wildman–Crippen LogP) is 1.10. The second-order valence-corrected chi connectivity index (χ2v) is 3.74. The van der Waals surface area contributed by atoms with Crippen molar-refractivity contribution >= 4 is 6.29 Å². The fourth-order valence-corrected chi connectivity index (χ4v) is 1.84. The van der Waals surface area contributed by atoms with Crippen LogP contribution >= 0.6 is 0 Å². The molecule has 0 aromatic carbocycles. The number of hydrogen-bond acceptors (Lipinski definition) is 3. The second kappa shape index (κ2) is 4.33. The van der Waals surface area contributed by atoms with Gasteiger partial charge in [0.05, 0.1) is 5.69 Å². The molecule has 3 nitrogen and oxygen atoms in total. The number of pyridine rings is 1. The van der Waals surface area contributed by atoms with Crippen LogP contribution in [0.25, 0.3) is 0 Å². The fourth-order valence-electron chi connectivity index (χ4n) is 1.84. The molecule has 3 heteroatoms. The summed E-state index contributed by atoms with van der Waals surface area (Å²) in [5.74, 6) is 0.235. The van der Waals surface area contributed by atoms with E-state index in [0.717, 1.165) is 38.0 Å². The van der Waals surface area contributed by atoms with Crippen molar-refractivity contribution < 1.29 is 4.79 Å². The minimum absolute atomic E-state index is 0.235. The molecule has 0 aliphatic carbocycles. The van der Waals surface area contributed by atoms with Crippen molar-refractivity contribution in [3.63, 3.8) is 0 Å². The van der Waals surface area contributed by atoms with Crippen molar-refractivity contribution in [3.8, 4) is 0 Å². The molecule has 1 atom stereocenters. The van der Waals surface area contributed by atoms with Crippen molar-refractivity contribution in [2.75, 3.05) is 13.1 Å². The normalized spacial score (nSPS) is 22.4. The number of aromatic nitrogens is 1. The molecule has 74 valence electrons. The molecule has 0 N–H and O–H groups in total. The maximum atomic E-state index is 10.6. The highest BCUT2D eigenvalue weighted by Gasteiger charge is 2.21. The van der Waals surface area contributed by atoms with Crippen LogP contribution in [0.15, 0.2) is 24.4 Å². The van der Waals surface area contributed by atoms with E-state index < -0.39 is 0 Å². The van der Waals surface area contributed by atoms with Crippen LogP contribution < -0.4 is 0 Å². The molecule has 1 aliphatic rings. The van der Waals surface area contributed by atoms with Gasteiger partial charge in [0, 0.05) is 25.2 Å². The molecule has 0 amide bonds. The first kappa shape index (κ1) is 9.34. The van der Waals surface area contributed by atoms with Gasteiger partial charge >= 0.3 is 0 Å². The fraction of sp³-hybridized carbons (Fsp3) is 0.455. The summed E-state index contributed by atoms with van der Waals surface area (Å²) in [6.45, 7) is 2.77. The number of aldehydes is 1. The number of carbonyl (C=O) groups excluding carboxylic acids is 1. The van der Waals surface area contributed by atoms with E-state index in [2.05, 4.69) is 9.88 Å². The Labute approximate surface area is 83.8 Å². The Hall–Kier alpha value is -1.22. The van der Waals surface area contributed by atoms with Gasteiger partial charge in [-0.25, -0.2) is 0 Å². The Kier molecular flexibility index (Phi) is 2.89. The van der Waals surface area contributed by atoms with E-state index in [0.29, 0.717) is 0 Å². The molecule has 0 radical (unpaired) electrons. The first-order valence-corrected chi connectivity index (χ1v) is 4.96. The number of nitrogens with zero attached hydrogens (tertiary/aromatic N) is 2. The molecule has 1 aliphatic heterocycles. The first-order valence-electron chi connectivity index (χ1n) is 4.96. The molecule has 1 aromatic heterocycles. The zero-order chi connectivity index (χ0) is 9.80. The van der Waals surface area contributed by atoms with Crippen LogP contribution in [0.1, 0.15) is 12.1 Å². The number of carbonyl (C=O) groups is 1. The van der Waals surface area contributed by atoms with Gasteiger partial charge in [-0.05, 0) is 25.1 Å². The third kappa shape index (κ3) is 2.17. The Morgan fingerprint density at radius 2 is 2.50 bits per heavy atom. The Morgan fingerprint density at radius 3 is 3.14 bits per heavy atom. The zero-order valence-electron chi connectivity index (χ0n) is 8.10. The topological polar surface area (TPSA) is 33.2 Å². The van der Waals surface area contributed by atoms with Crippen LogP contribution in [-0.2, 0) is 11.3 Å². The van der Waals surface area contributed by atoms with E-state index >= 15 is 0 Å². The lowest BCUT2D eigenvalue weighted by molar-refractivity contribution is -0.110. The van der Waals surface area contributed by atoms with Crippen LogP contribution in [0.3, 0.4) is 0 Å². The van der Waals surface area contributed by atoms with Gasteiger partial charge in [0.25, 0.3) is 0 Å². The van der Waals surface area contributed by atoms with Crippen molar-refractivity contribution in [1.29, 1.82) is 0 Å². The summed E-state index contributed by atoms with van der Waals surface area (Å²) < 4.78 is 0. The second-order valence-electron chi connectivity index (χ2n) is 3.74. The Bertz CT molecular complexity index is 299. The lowest BCUT2D eigenvalue weighted by Crippen LogP contribution is -2.20. The van der Waals surface area contributed by atoms with E-state index in [4.69, 9.17) is 0 Å². The summed E-state index contributed by atoms with van der Waals surface area (Å²) >= 11 is 0. The molecule has 0 bridgehead atoms. The van der Waals surface area contributed by atoms with Crippen molar-refractivity contribution in [2.24, 2.45) is 5.92 Å². The highest BCUT2D eigenvalue weighted by atomic mass is 16.1. The number of likely N-dealkylation sites (tertiary alicyclic amines) is 1. The van der Waals surface area contributed by atoms with Crippen molar-refractivity contribution in [2.45, 2.75) is 13.0 Å². The zero-order valence-corrected chi connectivity index (χ0v) is 8.10. The molecule has 2 rings (SSSR count). The van der Waals surface area contributed by atoms with E-state index in [-0.39, 0.29) is 5.92 Å². The van der Waals surface area contributed by atoms with Gasteiger partial charge in [-0.2, -0.15) is 0 Å². The summed E-state index contributed by atoms with van der Waals surface area (Å²) in [7, 11) is 0. The number of hydrogen-bond donors (Lipinski definition) is 0. The van der Waals surface area contributed by atoms with Crippen molar-refractivity contribution in [1.82, 2.24) is 9.88 Å². The van der Waals surface area contributed by atoms with Crippen LogP contribution in [0.5, 0.6) is 0 Å². The first-order chi connectivity index (χ1) is 6.88. The SMILES string of the molecule is O=CC1CCN(Cc2ccccn2)C1. The minimum atomic E-state index is 0.235. The lowest BCUT2D eigenvalue weighted by atomic mass is 10.1. The Morgan fingerprint density at radius 1 is 1.57 bits per heavy atom. The van der Waals surface area contributed by atoms with Gasteiger partial charge in [-0.15, -0.1) is 0 Å². The van der Waals surface area contributed by atoms with Gasteiger partial charge in [0.15, 0.2) is 0 Å². The monoisotopic (exact) mass is 190 g/mol. The molecule has 1 aromatic rings. The average Bonchev–Trinajstić information content (AvgIpc) is 2.67. The van der Waals surface area contributed by atoms with Gasteiger partial charge < -0.3 is 4.79 Å². The summed E-state index contributed by atoms with van der Waals surface area (Å²) in [4.78, 5) is 17.1. The van der Waals surface area contributed by atoms with Crippen LogP contribution in [-0.4, -0.2) is 29.3 Å². The third-order valence-electron chi connectivity index (χ3n) is 2.61. The van der Waals surface area contributed by atoms with Crippen LogP contribution in [0, 0.1) is 5.92 Å². The van der Waals surface area contributed by atoms with Crippen LogP contribution in [0.2, 0.25) is 0 Å². The predicted molar refractivity (Wildman–Crippen MR) is 53.7 cm³/mol. The highest BCUT2D eigenvalue weighted by Crippen LogP contribution is 2.15. The molecule has 0 saturated carbocycles. The van der Waals surface area contributed by atoms with E-state index in [9.17, 15) is 4.79 Å². The van der Waals surface area contributed by atoms with E-state index in [1.807, 2.05) is 24.4 Å². The quantitative estimate of drug-likeness (QED) is 0.669. The molecule has 0 spiro atoms. The van der Waals surface area contributed by atoms with Gasteiger partial charge in [0.2, 0.25) is 0 Å². The summed E-state index contributed by atoms with van der Waals surface area (Å²) in [5.41, 5.74) is 1.08. The molecular formula is C11H14N2O. The summed E-state index contributed by atoms with van der Waals surface area (Å²) in [5, 5.41) is 0. The van der Waals surface area contributed by atoms with E-state index in [1.165, 1.54) is 0 Å². The maximum absolute atomic E-state index is 10.6. The van der Waals surface area contributed by atoms with Crippen LogP contribution in [0.4, 0.5) is 0 Å². The highest BCUT2D eigenvalue weighted by molar-refractivity contribution is 5.54. The molecule has 2 heterocycles. The summed E-state index contributed by atoms with van der Waals surface area (Å²) in [6.07, 6.45) is 3.87. The summed E-state index contributed by atoms with van der Waals surface area (Å²) in [6, 6.07) is 5.94. The minimum Gasteiger partial charge on any atom is -0.303 e. The largest absolute Gasteiger partial charge is 0.303 e. The molecule has 1 saturated heterocycles. The van der Waals surface area contributed by atoms with Gasteiger partial charge in [0.1, 0.15) is 6.29 Å². The maximum Gasteiger partial charge on any atom is 0.124 e. The molecule has 14 heavy (non-hydrogen) atoms. The standard InChI is InChI=1S/C11H14N2O/c14-9-10-4-6-13(7-10)8-11-3-1-2-5-12-11/h1-3,5,9-10H,4,6-8H2. The lowest BCUT2D eigenvalue weighted by Gasteiger charge is -2.13. The van der Waals surface area contributed by atoms with Crippen molar-refractivity contribution in [3.05, 3.63) is 30.1 Å². The van der Waals surface area contributed by atoms with E-state index in [1.54, 1.807) is 0 Å². The molecule has 1 unspecified atom stereocenters. The van der Waals surface area contributed by atoms with Gasteiger partial charge in [-0.1, -0.05) is 6.07 Å². The average molecular weight is 190 g/mol. The number of rotatable bonds is 3. The Balaban J connectivity index is 1.90. The molecular weight excluding hydrogens is 176 g/mol. The van der Waals surface area contributed by atoms with Gasteiger partial charge in [-0.3, -0.25) is 9.88 Å². The smallest absolute Gasteiger partial charge is 0.124 e. The molecule has 1 fully saturated rings.